The molecule has 86 valence electrons. The minimum absolute atomic E-state index is 0.185. The summed E-state index contributed by atoms with van der Waals surface area (Å²) in [6.45, 7) is 0. The summed E-state index contributed by atoms with van der Waals surface area (Å²) in [5.41, 5.74) is 0.694. The number of hydrogen-bond donors (Lipinski definition) is 0. The average molecular weight is 246 g/mol. The zero-order chi connectivity index (χ0) is 12.1. The molecule has 0 bridgehead atoms. The van der Waals surface area contributed by atoms with Crippen LogP contribution in [0.3, 0.4) is 0 Å². The van der Waals surface area contributed by atoms with Crippen molar-refractivity contribution in [1.82, 2.24) is 4.98 Å². The number of hydrogen-bond acceptors (Lipinski definition) is 3. The highest BCUT2D eigenvalue weighted by atomic mass is 32.2. The highest BCUT2D eigenvalue weighted by molar-refractivity contribution is 7.90. The number of nitrogens with zero attached hydrogens (tertiary/aromatic N) is 2. The van der Waals surface area contributed by atoms with Crippen LogP contribution in [0.1, 0.15) is 5.56 Å². The summed E-state index contributed by atoms with van der Waals surface area (Å²) in [4.78, 5) is 4.02. The molecule has 0 fully saturated rings. The Morgan fingerprint density at radius 2 is 1.65 bits per heavy atom. The molecule has 0 atom stereocenters. The zero-order valence-corrected chi connectivity index (χ0v) is 9.71. The predicted octanol–water partition coefficient (Wildman–Crippen LogP) is 1.89. The molecule has 0 spiro atoms. The zero-order valence-electron chi connectivity index (χ0n) is 8.89. The maximum Gasteiger partial charge on any atom is 0.282 e. The third-order valence-electron chi connectivity index (χ3n) is 2.09. The number of sulfonamides is 1. The standard InChI is InChI=1S/C12H10N2O2S/c15-17(16,12-4-2-1-3-5-12)14-10-11-6-8-13-9-7-11/h1-10H/b14-10+. The van der Waals surface area contributed by atoms with Gasteiger partial charge in [0.15, 0.2) is 0 Å². The molecule has 17 heavy (non-hydrogen) atoms. The Kier molecular flexibility index (Phi) is 3.30. The molecular weight excluding hydrogens is 236 g/mol. The molecule has 0 aliphatic heterocycles. The van der Waals surface area contributed by atoms with Crippen LogP contribution < -0.4 is 0 Å². The van der Waals surface area contributed by atoms with Gasteiger partial charge in [-0.2, -0.15) is 12.8 Å². The van der Waals surface area contributed by atoms with Crippen LogP contribution in [-0.2, 0) is 10.0 Å². The lowest BCUT2D eigenvalue weighted by atomic mass is 10.3. The molecule has 0 aliphatic rings. The summed E-state index contributed by atoms with van der Waals surface area (Å²) >= 11 is 0. The molecule has 1 aromatic heterocycles. The Bertz CT molecular complexity index is 607. The molecule has 0 amide bonds. The van der Waals surface area contributed by atoms with Crippen molar-refractivity contribution in [2.24, 2.45) is 4.40 Å². The van der Waals surface area contributed by atoms with Gasteiger partial charge >= 0.3 is 0 Å². The molecule has 1 heterocycles. The Labute approximate surface area is 99.7 Å². The van der Waals surface area contributed by atoms with Crippen LogP contribution in [0, 0.1) is 0 Å². The second-order valence-electron chi connectivity index (χ2n) is 3.30. The van der Waals surface area contributed by atoms with Gasteiger partial charge in [0, 0.05) is 18.6 Å². The molecule has 0 N–H and O–H groups in total. The van der Waals surface area contributed by atoms with Crippen LogP contribution in [0.25, 0.3) is 0 Å². The third kappa shape index (κ3) is 2.98. The minimum atomic E-state index is -3.61. The van der Waals surface area contributed by atoms with E-state index < -0.39 is 10.0 Å². The first-order valence-electron chi connectivity index (χ1n) is 4.94. The molecule has 0 saturated carbocycles. The molecule has 0 unspecified atom stereocenters. The van der Waals surface area contributed by atoms with Crippen LogP contribution in [0.4, 0.5) is 0 Å². The van der Waals surface area contributed by atoms with Gasteiger partial charge in [0.2, 0.25) is 0 Å². The number of pyridine rings is 1. The molecule has 1 aromatic carbocycles. The van der Waals surface area contributed by atoms with Gasteiger partial charge in [-0.3, -0.25) is 4.98 Å². The van der Waals surface area contributed by atoms with Crippen molar-refractivity contribution in [3.8, 4) is 0 Å². The van der Waals surface area contributed by atoms with Gasteiger partial charge in [-0.25, -0.2) is 0 Å². The first-order chi connectivity index (χ1) is 8.18. The van der Waals surface area contributed by atoms with Gasteiger partial charge in [-0.05, 0) is 29.8 Å². The van der Waals surface area contributed by atoms with E-state index in [9.17, 15) is 8.42 Å². The second kappa shape index (κ2) is 4.88. The Morgan fingerprint density at radius 3 is 2.29 bits per heavy atom. The maximum absolute atomic E-state index is 11.8. The lowest BCUT2D eigenvalue weighted by Gasteiger charge is -1.97. The summed E-state index contributed by atoms with van der Waals surface area (Å²) in [5.74, 6) is 0. The fraction of sp³-hybridized carbons (Fsp3) is 0. The maximum atomic E-state index is 11.8. The van der Waals surface area contributed by atoms with E-state index in [0.717, 1.165) is 0 Å². The van der Waals surface area contributed by atoms with Crippen molar-refractivity contribution in [2.45, 2.75) is 4.90 Å². The molecule has 0 aliphatic carbocycles. The van der Waals surface area contributed by atoms with Crippen LogP contribution in [0.5, 0.6) is 0 Å². The normalized spacial score (nSPS) is 11.8. The molecular formula is C12H10N2O2S. The van der Waals surface area contributed by atoms with Crippen molar-refractivity contribution < 1.29 is 8.42 Å². The lowest BCUT2D eigenvalue weighted by molar-refractivity contribution is 0.598. The van der Waals surface area contributed by atoms with E-state index in [4.69, 9.17) is 0 Å². The van der Waals surface area contributed by atoms with E-state index in [1.54, 1.807) is 42.7 Å². The quantitative estimate of drug-likeness (QED) is 0.777. The number of benzene rings is 1. The Morgan fingerprint density at radius 1 is 1.00 bits per heavy atom. The number of aromatic nitrogens is 1. The van der Waals surface area contributed by atoms with Gasteiger partial charge in [0.25, 0.3) is 10.0 Å². The van der Waals surface area contributed by atoms with Gasteiger partial charge in [0.05, 0.1) is 4.90 Å². The van der Waals surface area contributed by atoms with Crippen LogP contribution in [0.15, 0.2) is 64.2 Å². The SMILES string of the molecule is O=S(=O)(/N=C/c1ccncc1)c1ccccc1. The van der Waals surface area contributed by atoms with E-state index >= 15 is 0 Å². The topological polar surface area (TPSA) is 59.4 Å². The van der Waals surface area contributed by atoms with Gasteiger partial charge in [-0.1, -0.05) is 18.2 Å². The van der Waals surface area contributed by atoms with E-state index in [1.165, 1.54) is 18.3 Å². The first kappa shape index (κ1) is 11.5. The number of rotatable bonds is 3. The third-order valence-corrected chi connectivity index (χ3v) is 3.34. The largest absolute Gasteiger partial charge is 0.282 e. The summed E-state index contributed by atoms with van der Waals surface area (Å²) < 4.78 is 27.2. The van der Waals surface area contributed by atoms with Crippen LogP contribution >= 0.6 is 0 Å². The highest BCUT2D eigenvalue weighted by Crippen LogP contribution is 2.10. The Hall–Kier alpha value is -2.01. The Balaban J connectivity index is 2.28. The van der Waals surface area contributed by atoms with E-state index in [1.807, 2.05) is 0 Å². The van der Waals surface area contributed by atoms with Gasteiger partial charge in [0.1, 0.15) is 0 Å². The van der Waals surface area contributed by atoms with E-state index in [0.29, 0.717) is 5.56 Å². The summed E-state index contributed by atoms with van der Waals surface area (Å²) in [6, 6.07) is 11.5. The van der Waals surface area contributed by atoms with Crippen LogP contribution in [0.2, 0.25) is 0 Å². The minimum Gasteiger partial charge on any atom is -0.265 e. The summed E-state index contributed by atoms with van der Waals surface area (Å²) in [7, 11) is -3.61. The molecule has 5 heteroatoms. The van der Waals surface area contributed by atoms with Gasteiger partial charge < -0.3 is 0 Å². The van der Waals surface area contributed by atoms with E-state index in [-0.39, 0.29) is 4.90 Å². The average Bonchev–Trinajstić information content (AvgIpc) is 2.39. The predicted molar refractivity (Wildman–Crippen MR) is 65.5 cm³/mol. The molecule has 2 aromatic rings. The van der Waals surface area contributed by atoms with Crippen molar-refractivity contribution in [3.05, 3.63) is 60.4 Å². The van der Waals surface area contributed by atoms with Gasteiger partial charge in [-0.15, -0.1) is 0 Å². The molecule has 0 radical (unpaired) electrons. The summed E-state index contributed by atoms with van der Waals surface area (Å²) in [5, 5.41) is 0. The van der Waals surface area contributed by atoms with Crippen molar-refractivity contribution in [3.63, 3.8) is 0 Å². The first-order valence-corrected chi connectivity index (χ1v) is 6.38. The molecule has 2 rings (SSSR count). The smallest absolute Gasteiger partial charge is 0.265 e. The fourth-order valence-electron chi connectivity index (χ4n) is 1.23. The highest BCUT2D eigenvalue weighted by Gasteiger charge is 2.09. The van der Waals surface area contributed by atoms with Crippen LogP contribution in [-0.4, -0.2) is 19.6 Å². The van der Waals surface area contributed by atoms with Crippen molar-refractivity contribution in [2.75, 3.05) is 0 Å². The summed E-state index contributed by atoms with van der Waals surface area (Å²) in [6.07, 6.45) is 4.47. The lowest BCUT2D eigenvalue weighted by Crippen LogP contribution is -1.97. The molecule has 4 nitrogen and oxygen atoms in total. The second-order valence-corrected chi connectivity index (χ2v) is 4.94. The van der Waals surface area contributed by atoms with E-state index in [2.05, 4.69) is 9.38 Å². The fourth-order valence-corrected chi connectivity index (χ4v) is 2.12. The molecule has 0 saturated heterocycles. The van der Waals surface area contributed by atoms with Crippen molar-refractivity contribution in [1.29, 1.82) is 0 Å². The van der Waals surface area contributed by atoms with Crippen molar-refractivity contribution >= 4 is 16.2 Å². The monoisotopic (exact) mass is 246 g/mol.